The van der Waals surface area contributed by atoms with Crippen LogP contribution in [0.3, 0.4) is 0 Å². The molecule has 0 saturated carbocycles. The number of amides is 1. The van der Waals surface area contributed by atoms with Crippen molar-refractivity contribution in [3.05, 3.63) is 42.5 Å². The van der Waals surface area contributed by atoms with E-state index in [1.807, 2.05) is 36.4 Å². The largest absolute Gasteiger partial charge is 0.463 e. The molecule has 1 fully saturated rings. The van der Waals surface area contributed by atoms with Crippen LogP contribution in [-0.4, -0.2) is 58.5 Å². The summed E-state index contributed by atoms with van der Waals surface area (Å²) in [5, 5.41) is 34.2. The molecule has 0 aromatic heterocycles. The van der Waals surface area contributed by atoms with Crippen molar-refractivity contribution in [3.8, 4) is 5.75 Å². The van der Waals surface area contributed by atoms with E-state index in [0.29, 0.717) is 5.75 Å². The van der Waals surface area contributed by atoms with Crippen LogP contribution in [-0.2, 0) is 9.53 Å². The zero-order valence-corrected chi connectivity index (χ0v) is 13.7. The second-order valence-corrected chi connectivity index (χ2v) is 6.06. The van der Waals surface area contributed by atoms with E-state index < -0.39 is 43.2 Å². The molecule has 7 heteroatoms. The summed E-state index contributed by atoms with van der Waals surface area (Å²) in [6.07, 6.45) is -4.73. The van der Waals surface area contributed by atoms with Crippen LogP contribution in [0.1, 0.15) is 6.92 Å². The van der Waals surface area contributed by atoms with E-state index in [1.54, 1.807) is 6.07 Å². The van der Waals surface area contributed by atoms with Gasteiger partial charge in [0.25, 0.3) is 0 Å². The number of fused-ring (bicyclic) bond motifs is 1. The maximum absolute atomic E-state index is 11.4. The Balaban J connectivity index is 1.86. The number of benzene rings is 2. The van der Waals surface area contributed by atoms with Gasteiger partial charge in [0.2, 0.25) is 12.2 Å². The van der Waals surface area contributed by atoms with Crippen molar-refractivity contribution in [1.29, 1.82) is 0 Å². The molecular weight excluding hydrogens is 326 g/mol. The van der Waals surface area contributed by atoms with Gasteiger partial charge in [-0.15, -0.1) is 0 Å². The Morgan fingerprint density at radius 1 is 1.16 bits per heavy atom. The Labute approximate surface area is 144 Å². The van der Waals surface area contributed by atoms with Crippen LogP contribution in [0.15, 0.2) is 42.5 Å². The molecule has 2 aromatic carbocycles. The summed E-state index contributed by atoms with van der Waals surface area (Å²) >= 11 is 0. The lowest BCUT2D eigenvalue weighted by molar-refractivity contribution is -0.244. The topological polar surface area (TPSA) is 108 Å². The number of ether oxygens (including phenoxy) is 2. The fourth-order valence-electron chi connectivity index (χ4n) is 2.95. The van der Waals surface area contributed by atoms with E-state index in [2.05, 4.69) is 5.32 Å². The summed E-state index contributed by atoms with van der Waals surface area (Å²) in [6, 6.07) is 12.2. The van der Waals surface area contributed by atoms with E-state index in [0.717, 1.165) is 10.8 Å². The first-order valence-corrected chi connectivity index (χ1v) is 8.04. The van der Waals surface area contributed by atoms with Gasteiger partial charge in [0.15, 0.2) is 0 Å². The third kappa shape index (κ3) is 3.74. The Morgan fingerprint density at radius 3 is 2.56 bits per heavy atom. The van der Waals surface area contributed by atoms with Crippen LogP contribution in [0.5, 0.6) is 5.75 Å². The molecular formula is C18H21NO6. The molecule has 5 atom stereocenters. The van der Waals surface area contributed by atoms with Crippen molar-refractivity contribution >= 4 is 16.7 Å². The molecule has 0 bridgehead atoms. The van der Waals surface area contributed by atoms with E-state index in [9.17, 15) is 20.1 Å². The predicted octanol–water partition coefficient (Wildman–Crippen LogP) is 0.162. The van der Waals surface area contributed by atoms with Gasteiger partial charge in [-0.25, -0.2) is 0 Å². The maximum atomic E-state index is 11.4. The van der Waals surface area contributed by atoms with E-state index in [4.69, 9.17) is 9.47 Å². The molecule has 134 valence electrons. The first-order chi connectivity index (χ1) is 12.0. The van der Waals surface area contributed by atoms with Crippen molar-refractivity contribution in [2.75, 3.05) is 6.61 Å². The number of aliphatic hydroxyl groups excluding tert-OH is 3. The quantitative estimate of drug-likeness (QED) is 0.628. The van der Waals surface area contributed by atoms with Crippen molar-refractivity contribution < 1.29 is 29.6 Å². The number of carbonyl (C=O) groups excluding carboxylic acids is 1. The monoisotopic (exact) mass is 347 g/mol. The summed E-state index contributed by atoms with van der Waals surface area (Å²) in [5.74, 6) is 0.0914. The molecule has 1 saturated heterocycles. The van der Waals surface area contributed by atoms with Gasteiger partial charge in [-0.1, -0.05) is 30.3 Å². The molecule has 1 aliphatic rings. The highest BCUT2D eigenvalue weighted by Gasteiger charge is 2.46. The lowest BCUT2D eigenvalue weighted by atomic mass is 9.97. The lowest BCUT2D eigenvalue weighted by Crippen LogP contribution is -2.65. The highest BCUT2D eigenvalue weighted by molar-refractivity contribution is 5.83. The van der Waals surface area contributed by atoms with Gasteiger partial charge in [-0.05, 0) is 22.9 Å². The van der Waals surface area contributed by atoms with Crippen molar-refractivity contribution in [2.24, 2.45) is 0 Å². The summed E-state index contributed by atoms with van der Waals surface area (Å²) in [4.78, 5) is 11.4. The number of hydrogen-bond acceptors (Lipinski definition) is 6. The SMILES string of the molecule is CC(=O)N[C@H]1[C@H](Oc2ccc3ccccc3c2)O[C@@H](CO)[C@@H](O)[C@H]1O. The number of hydrogen-bond donors (Lipinski definition) is 4. The van der Waals surface area contributed by atoms with Crippen molar-refractivity contribution in [3.63, 3.8) is 0 Å². The Morgan fingerprint density at radius 2 is 1.88 bits per heavy atom. The first kappa shape index (κ1) is 17.6. The molecule has 25 heavy (non-hydrogen) atoms. The standard InChI is InChI=1S/C18H21NO6/c1-10(21)19-15-17(23)16(22)14(9-20)25-18(15)24-13-7-6-11-4-2-3-5-12(11)8-13/h2-8,14-18,20,22-23H,9H2,1H3,(H,19,21)/t14-,15+,16+,17-,18+/m0/s1. The van der Waals surface area contributed by atoms with E-state index in [1.165, 1.54) is 6.92 Å². The van der Waals surface area contributed by atoms with Gasteiger partial charge in [-0.2, -0.15) is 0 Å². The van der Waals surface area contributed by atoms with E-state index >= 15 is 0 Å². The Kier molecular flexibility index (Phi) is 5.19. The van der Waals surface area contributed by atoms with Crippen LogP contribution in [0, 0.1) is 0 Å². The molecule has 4 N–H and O–H groups in total. The molecule has 1 heterocycles. The average Bonchev–Trinajstić information content (AvgIpc) is 2.61. The van der Waals surface area contributed by atoms with Crippen molar-refractivity contribution in [1.82, 2.24) is 5.32 Å². The Hall–Kier alpha value is -2.19. The van der Waals surface area contributed by atoms with Gasteiger partial charge in [0.1, 0.15) is 30.1 Å². The molecule has 1 amide bonds. The molecule has 7 nitrogen and oxygen atoms in total. The highest BCUT2D eigenvalue weighted by Crippen LogP contribution is 2.26. The van der Waals surface area contributed by atoms with Gasteiger partial charge >= 0.3 is 0 Å². The van der Waals surface area contributed by atoms with Gasteiger partial charge in [0.05, 0.1) is 6.61 Å². The summed E-state index contributed by atoms with van der Waals surface area (Å²) in [6.45, 7) is 0.812. The summed E-state index contributed by atoms with van der Waals surface area (Å²) in [5.41, 5.74) is 0. The number of nitrogens with one attached hydrogen (secondary N) is 1. The zero-order chi connectivity index (χ0) is 18.0. The lowest BCUT2D eigenvalue weighted by Gasteiger charge is -2.42. The minimum atomic E-state index is -1.33. The fraction of sp³-hybridized carbons (Fsp3) is 0.389. The number of carbonyl (C=O) groups is 1. The van der Waals surface area contributed by atoms with E-state index in [-0.39, 0.29) is 0 Å². The Bertz CT molecular complexity index is 751. The van der Waals surface area contributed by atoms with Crippen LogP contribution in [0.2, 0.25) is 0 Å². The van der Waals surface area contributed by atoms with Crippen LogP contribution < -0.4 is 10.1 Å². The molecule has 0 unspecified atom stereocenters. The molecule has 0 spiro atoms. The minimum absolute atomic E-state index is 0.394. The second kappa shape index (κ2) is 7.37. The molecule has 1 aliphatic heterocycles. The first-order valence-electron chi connectivity index (χ1n) is 8.04. The molecule has 2 aromatic rings. The van der Waals surface area contributed by atoms with Gasteiger partial charge in [-0.3, -0.25) is 4.79 Å². The maximum Gasteiger partial charge on any atom is 0.223 e. The van der Waals surface area contributed by atoms with Gasteiger partial charge < -0.3 is 30.1 Å². The predicted molar refractivity (Wildman–Crippen MR) is 89.9 cm³/mol. The fourth-order valence-corrected chi connectivity index (χ4v) is 2.95. The molecule has 0 radical (unpaired) electrons. The summed E-state index contributed by atoms with van der Waals surface area (Å²) < 4.78 is 11.4. The van der Waals surface area contributed by atoms with Crippen LogP contribution in [0.4, 0.5) is 0 Å². The molecule has 0 aliphatic carbocycles. The van der Waals surface area contributed by atoms with Crippen LogP contribution >= 0.6 is 0 Å². The van der Waals surface area contributed by atoms with Crippen LogP contribution in [0.25, 0.3) is 10.8 Å². The molecule has 3 rings (SSSR count). The third-order valence-corrected chi connectivity index (χ3v) is 4.22. The zero-order valence-electron chi connectivity index (χ0n) is 13.7. The van der Waals surface area contributed by atoms with Crippen molar-refractivity contribution in [2.45, 2.75) is 37.6 Å². The highest BCUT2D eigenvalue weighted by atomic mass is 16.7. The second-order valence-electron chi connectivity index (χ2n) is 6.06. The summed E-state index contributed by atoms with van der Waals surface area (Å²) in [7, 11) is 0. The number of aliphatic hydroxyl groups is 3. The third-order valence-electron chi connectivity index (χ3n) is 4.22. The van der Waals surface area contributed by atoms with Gasteiger partial charge in [0, 0.05) is 6.92 Å². The number of rotatable bonds is 4. The smallest absolute Gasteiger partial charge is 0.223 e. The average molecular weight is 347 g/mol. The normalized spacial score (nSPS) is 29.4. The minimum Gasteiger partial charge on any atom is -0.463 e.